The first kappa shape index (κ1) is 22.5. The molecule has 1 unspecified atom stereocenters. The minimum absolute atomic E-state index is 0. The Balaban J connectivity index is 0.00000131. The van der Waals surface area contributed by atoms with Crippen molar-refractivity contribution in [2.24, 2.45) is 0 Å². The smallest absolute Gasteiger partial charge is 0.147 e. The van der Waals surface area contributed by atoms with Gasteiger partial charge in [-0.15, -0.1) is 24.8 Å². The van der Waals surface area contributed by atoms with Crippen molar-refractivity contribution >= 4 is 37.8 Å². The van der Waals surface area contributed by atoms with Crippen LogP contribution in [-0.2, 0) is 17.4 Å². The standard InChI is InChI=1S/C14H11N2.C5H5.2CH3.2ClH.H2Si.Zr/c1-10-5-11-3-2-4-13(14(11)6-10)12-7-15-9-16-8-12;1-2-4-5-3-1;;;;;;/h2-9H,1H3;1-3H,4H2;2*1H3;2*1H;1H2;. The Kier molecular flexibility index (Phi) is 6.59. The fourth-order valence-electron chi connectivity index (χ4n) is 4.71. The Morgan fingerprint density at radius 2 is 1.81 bits per heavy atom. The monoisotopic (exact) mass is 494 g/mol. The third kappa shape index (κ3) is 3.74. The van der Waals surface area contributed by atoms with E-state index in [1.54, 1.807) is 9.61 Å². The van der Waals surface area contributed by atoms with Crippen molar-refractivity contribution in [2.75, 3.05) is 0 Å². The van der Waals surface area contributed by atoms with E-state index in [9.17, 15) is 0 Å². The zero-order valence-electron chi connectivity index (χ0n) is 16.0. The van der Waals surface area contributed by atoms with Gasteiger partial charge in [-0.1, -0.05) is 0 Å². The van der Waals surface area contributed by atoms with Gasteiger partial charge in [-0.2, -0.15) is 0 Å². The van der Waals surface area contributed by atoms with Gasteiger partial charge in [0.2, 0.25) is 0 Å². The number of allylic oxidation sites excluding steroid dienone is 5. The van der Waals surface area contributed by atoms with E-state index in [-0.39, 0.29) is 24.8 Å². The second-order valence-corrected chi connectivity index (χ2v) is 38.1. The fourth-order valence-corrected chi connectivity index (χ4v) is 20.8. The number of fused-ring (bicyclic) bond motifs is 1. The number of rotatable bonds is 3. The van der Waals surface area contributed by atoms with Crippen molar-refractivity contribution in [3.8, 4) is 11.1 Å². The van der Waals surface area contributed by atoms with Gasteiger partial charge >= 0.3 is 153 Å². The molecular weight excluding hydrogens is 470 g/mol. The summed E-state index contributed by atoms with van der Waals surface area (Å²) in [6.45, 7) is 4.67. The van der Waals surface area contributed by atoms with Gasteiger partial charge in [0.25, 0.3) is 0 Å². The van der Waals surface area contributed by atoms with Gasteiger partial charge in [0.1, 0.15) is 0 Å². The van der Waals surface area contributed by atoms with Crippen molar-refractivity contribution in [1.82, 2.24) is 9.97 Å². The molecule has 0 saturated heterocycles. The SMILES string of the molecule is CC1=Cc2c(-c3cncnc3)cccc2[CH]1[Zr]([CH3])([CH3])(=[SiH2])[C]1=CC=CC1.Cl.Cl. The van der Waals surface area contributed by atoms with E-state index in [0.717, 1.165) is 12.0 Å². The van der Waals surface area contributed by atoms with Crippen LogP contribution >= 0.6 is 24.8 Å². The summed E-state index contributed by atoms with van der Waals surface area (Å²) in [5.74, 6) is 0. The van der Waals surface area contributed by atoms with Crippen molar-refractivity contribution in [1.29, 1.82) is 0 Å². The van der Waals surface area contributed by atoms with Crippen LogP contribution in [0.1, 0.15) is 28.1 Å². The number of hydrogen-bond acceptors (Lipinski definition) is 2. The molecule has 0 bridgehead atoms. The van der Waals surface area contributed by atoms with Gasteiger partial charge in [0.15, 0.2) is 0 Å². The van der Waals surface area contributed by atoms with Crippen molar-refractivity contribution < 1.29 is 17.4 Å². The summed E-state index contributed by atoms with van der Waals surface area (Å²) in [7, 11) is 0. The normalized spacial score (nSPS) is 18.1. The van der Waals surface area contributed by atoms with Crippen LogP contribution in [0.3, 0.4) is 0 Å². The molecule has 27 heavy (non-hydrogen) atoms. The molecule has 6 heteroatoms. The van der Waals surface area contributed by atoms with E-state index >= 15 is 0 Å². The average Bonchev–Trinajstić information content (AvgIpc) is 3.22. The second kappa shape index (κ2) is 7.91. The Morgan fingerprint density at radius 1 is 1.11 bits per heavy atom. The predicted molar refractivity (Wildman–Crippen MR) is 120 cm³/mol. The molecule has 2 aliphatic rings. The van der Waals surface area contributed by atoms with Gasteiger partial charge in [0.05, 0.1) is 0 Å². The van der Waals surface area contributed by atoms with E-state index in [1.807, 2.05) is 12.4 Å². The molecule has 1 aromatic carbocycles. The maximum Gasteiger partial charge on any atom is -0.147 e. The molecule has 1 atom stereocenters. The molecule has 0 fully saturated rings. The summed E-state index contributed by atoms with van der Waals surface area (Å²) in [4.78, 5) is 8.43. The zero-order valence-corrected chi connectivity index (χ0v) is 21.5. The van der Waals surface area contributed by atoms with Gasteiger partial charge in [-0.3, -0.25) is 0 Å². The molecule has 0 radical (unpaired) electrons. The van der Waals surface area contributed by atoms with Crippen LogP contribution in [0.25, 0.3) is 17.2 Å². The van der Waals surface area contributed by atoms with Crippen LogP contribution in [0.2, 0.25) is 9.26 Å². The number of aromatic nitrogens is 2. The van der Waals surface area contributed by atoms with Gasteiger partial charge in [-0.05, 0) is 0 Å². The molecule has 0 N–H and O–H groups in total. The van der Waals surface area contributed by atoms with Crippen LogP contribution in [-0.4, -0.2) is 16.8 Å². The molecule has 0 amide bonds. The summed E-state index contributed by atoms with van der Waals surface area (Å²) in [6, 6.07) is 6.75. The Morgan fingerprint density at radius 3 is 2.44 bits per heavy atom. The van der Waals surface area contributed by atoms with Crippen LogP contribution in [0.15, 0.2) is 64.0 Å². The topological polar surface area (TPSA) is 25.8 Å². The molecule has 142 valence electrons. The predicted octanol–water partition coefficient (Wildman–Crippen LogP) is 5.62. The van der Waals surface area contributed by atoms with Crippen LogP contribution in [0, 0.1) is 0 Å². The molecule has 1 aromatic heterocycles. The molecule has 2 nitrogen and oxygen atoms in total. The van der Waals surface area contributed by atoms with E-state index < -0.39 is 17.4 Å². The molecule has 1 heterocycles. The minimum Gasteiger partial charge on any atom is -0.147 e. The Hall–Kier alpha value is -0.800. The summed E-state index contributed by atoms with van der Waals surface area (Å²) in [5, 5.41) is 0. The molecular formula is C21H26Cl2N2SiZr. The molecule has 2 aliphatic carbocycles. The van der Waals surface area contributed by atoms with Crippen LogP contribution < -0.4 is 0 Å². The van der Waals surface area contributed by atoms with Gasteiger partial charge < -0.3 is 0 Å². The molecule has 4 rings (SSSR count). The van der Waals surface area contributed by atoms with Crippen molar-refractivity contribution in [2.45, 2.75) is 26.2 Å². The first-order valence-electron chi connectivity index (χ1n) is 8.87. The third-order valence-corrected chi connectivity index (χ3v) is 23.5. The first-order chi connectivity index (χ1) is 11.9. The first-order valence-corrected chi connectivity index (χ1v) is 22.4. The van der Waals surface area contributed by atoms with Crippen molar-refractivity contribution in [3.63, 3.8) is 0 Å². The molecule has 0 spiro atoms. The zero-order chi connectivity index (χ0) is 17.7. The summed E-state index contributed by atoms with van der Waals surface area (Å²) in [6.07, 6.45) is 16.0. The fraction of sp³-hybridized carbons (Fsp3) is 0.238. The maximum atomic E-state index is 4.22. The third-order valence-electron chi connectivity index (χ3n) is 5.90. The molecule has 2 aromatic rings. The van der Waals surface area contributed by atoms with Gasteiger partial charge in [-0.25, -0.2) is 0 Å². The van der Waals surface area contributed by atoms with Crippen LogP contribution in [0.5, 0.6) is 0 Å². The number of benzene rings is 1. The second-order valence-electron chi connectivity index (χ2n) is 8.39. The summed E-state index contributed by atoms with van der Waals surface area (Å²) >= 11 is -3.08. The van der Waals surface area contributed by atoms with Gasteiger partial charge in [0, 0.05) is 0 Å². The minimum atomic E-state index is -3.08. The quantitative estimate of drug-likeness (QED) is 0.515. The van der Waals surface area contributed by atoms with E-state index in [0.29, 0.717) is 3.63 Å². The molecule has 0 saturated carbocycles. The largest absolute Gasteiger partial charge is 0.147 e. The number of halogens is 2. The molecule has 0 aliphatic heterocycles. The summed E-state index contributed by atoms with van der Waals surface area (Å²) < 4.78 is 7.55. The van der Waals surface area contributed by atoms with E-state index in [2.05, 4.69) is 75.5 Å². The average molecular weight is 497 g/mol. The number of hydrogen-bond donors (Lipinski definition) is 0. The summed E-state index contributed by atoms with van der Waals surface area (Å²) in [5.41, 5.74) is 6.77. The van der Waals surface area contributed by atoms with E-state index in [4.69, 9.17) is 0 Å². The van der Waals surface area contributed by atoms with Crippen LogP contribution in [0.4, 0.5) is 0 Å². The van der Waals surface area contributed by atoms with E-state index in [1.165, 1.54) is 22.3 Å². The van der Waals surface area contributed by atoms with Crippen molar-refractivity contribution in [3.05, 3.63) is 75.1 Å². The maximum absolute atomic E-state index is 4.22. The Labute approximate surface area is 176 Å². The Bertz CT molecular complexity index is 1020. The number of nitrogens with zero attached hydrogens (tertiary/aromatic N) is 2.